The highest BCUT2D eigenvalue weighted by molar-refractivity contribution is 6.29. The van der Waals surface area contributed by atoms with Crippen LogP contribution < -0.4 is 11.1 Å². The van der Waals surface area contributed by atoms with Gasteiger partial charge in [-0.2, -0.15) is 0 Å². The molecule has 5 nitrogen and oxygen atoms in total. The zero-order chi connectivity index (χ0) is 13.7. The van der Waals surface area contributed by atoms with Crippen LogP contribution in [0.2, 0.25) is 5.15 Å². The maximum absolute atomic E-state index is 11.9. The number of amides is 1. The number of carbonyl (C=O) groups excluding carboxylic acids is 1. The van der Waals surface area contributed by atoms with Crippen LogP contribution in [0.15, 0.2) is 42.5 Å². The van der Waals surface area contributed by atoms with E-state index in [1.807, 2.05) is 30.3 Å². The molecule has 2 rings (SSSR count). The summed E-state index contributed by atoms with van der Waals surface area (Å²) in [7, 11) is 0. The molecule has 6 heteroatoms. The van der Waals surface area contributed by atoms with Crippen LogP contribution in [0.1, 0.15) is 5.56 Å². The fourth-order valence-electron chi connectivity index (χ4n) is 1.56. The van der Waals surface area contributed by atoms with Crippen LogP contribution in [0.5, 0.6) is 0 Å². The maximum Gasteiger partial charge on any atom is 0.242 e. The minimum Gasteiger partial charge on any atom is -0.320 e. The topological polar surface area (TPSA) is 80.9 Å². The van der Waals surface area contributed by atoms with E-state index < -0.39 is 6.04 Å². The Morgan fingerprint density at radius 2 is 1.95 bits per heavy atom. The van der Waals surface area contributed by atoms with E-state index in [4.69, 9.17) is 17.3 Å². The summed E-state index contributed by atoms with van der Waals surface area (Å²) in [5, 5.41) is 10.2. The van der Waals surface area contributed by atoms with Gasteiger partial charge in [0.25, 0.3) is 0 Å². The van der Waals surface area contributed by atoms with E-state index >= 15 is 0 Å². The molecule has 0 radical (unpaired) electrons. The van der Waals surface area contributed by atoms with Crippen LogP contribution in [0.25, 0.3) is 0 Å². The highest BCUT2D eigenvalue weighted by atomic mass is 35.5. The second kappa shape index (κ2) is 6.26. The van der Waals surface area contributed by atoms with Crippen molar-refractivity contribution >= 4 is 23.3 Å². The average Bonchev–Trinajstić information content (AvgIpc) is 2.42. The Kier molecular flexibility index (Phi) is 4.43. The van der Waals surface area contributed by atoms with Gasteiger partial charge in [0.1, 0.15) is 0 Å². The summed E-state index contributed by atoms with van der Waals surface area (Å²) < 4.78 is 0. The largest absolute Gasteiger partial charge is 0.320 e. The van der Waals surface area contributed by atoms with Gasteiger partial charge in [-0.3, -0.25) is 4.79 Å². The number of carbonyl (C=O) groups is 1. The second-order valence-corrected chi connectivity index (χ2v) is 4.41. The predicted octanol–water partition coefficient (Wildman–Crippen LogP) is 1.64. The molecule has 0 fully saturated rings. The zero-order valence-electron chi connectivity index (χ0n) is 10.1. The minimum atomic E-state index is -0.639. The molecule has 98 valence electrons. The van der Waals surface area contributed by atoms with Gasteiger partial charge in [0.05, 0.1) is 6.04 Å². The van der Waals surface area contributed by atoms with Gasteiger partial charge in [0.15, 0.2) is 11.0 Å². The van der Waals surface area contributed by atoms with E-state index in [1.165, 1.54) is 0 Å². The number of nitrogens with one attached hydrogen (secondary N) is 1. The van der Waals surface area contributed by atoms with E-state index in [1.54, 1.807) is 12.1 Å². The number of hydrogen-bond donors (Lipinski definition) is 2. The number of hydrogen-bond acceptors (Lipinski definition) is 4. The molecule has 0 aliphatic heterocycles. The number of anilines is 1. The van der Waals surface area contributed by atoms with Gasteiger partial charge < -0.3 is 11.1 Å². The molecule has 0 unspecified atom stereocenters. The molecule has 1 atom stereocenters. The lowest BCUT2D eigenvalue weighted by Crippen LogP contribution is -2.37. The summed E-state index contributed by atoms with van der Waals surface area (Å²) >= 11 is 5.61. The molecule has 0 saturated heterocycles. The molecule has 1 amide bonds. The molecule has 0 aliphatic rings. The Hall–Kier alpha value is -1.98. The van der Waals surface area contributed by atoms with Crippen molar-refractivity contribution in [2.45, 2.75) is 12.5 Å². The molecule has 1 heterocycles. The van der Waals surface area contributed by atoms with E-state index in [2.05, 4.69) is 15.5 Å². The van der Waals surface area contributed by atoms with Crippen LogP contribution in [0.4, 0.5) is 5.82 Å². The second-order valence-electron chi connectivity index (χ2n) is 4.03. The fourth-order valence-corrected chi connectivity index (χ4v) is 1.66. The summed E-state index contributed by atoms with van der Waals surface area (Å²) in [6, 6.07) is 12.1. The molecule has 0 saturated carbocycles. The van der Waals surface area contributed by atoms with Crippen LogP contribution in [-0.2, 0) is 11.2 Å². The first-order chi connectivity index (χ1) is 9.15. The van der Waals surface area contributed by atoms with Gasteiger partial charge in [0.2, 0.25) is 5.91 Å². The smallest absolute Gasteiger partial charge is 0.242 e. The summed E-state index contributed by atoms with van der Waals surface area (Å²) in [5.41, 5.74) is 6.85. The lowest BCUT2D eigenvalue weighted by atomic mass is 10.1. The molecule has 3 N–H and O–H groups in total. The predicted molar refractivity (Wildman–Crippen MR) is 73.8 cm³/mol. The number of nitrogens with zero attached hydrogens (tertiary/aromatic N) is 2. The van der Waals surface area contributed by atoms with Gasteiger partial charge >= 0.3 is 0 Å². The van der Waals surface area contributed by atoms with Crippen molar-refractivity contribution in [1.82, 2.24) is 10.2 Å². The number of benzene rings is 1. The first kappa shape index (κ1) is 13.5. The average molecular weight is 277 g/mol. The molecular formula is C13H13ClN4O. The third-order valence-corrected chi connectivity index (χ3v) is 2.72. The summed E-state index contributed by atoms with van der Waals surface area (Å²) in [5.74, 6) is 0.0263. The van der Waals surface area contributed by atoms with Crippen molar-refractivity contribution in [3.63, 3.8) is 0 Å². The van der Waals surface area contributed by atoms with Gasteiger partial charge in [-0.15, -0.1) is 10.2 Å². The quantitative estimate of drug-likeness (QED) is 0.889. The Morgan fingerprint density at radius 1 is 1.21 bits per heavy atom. The SMILES string of the molecule is N[C@@H](Cc1ccccc1)C(=O)Nc1ccc(Cl)nn1. The molecular weight excluding hydrogens is 264 g/mol. The minimum absolute atomic E-state index is 0.270. The Morgan fingerprint density at radius 3 is 2.58 bits per heavy atom. The van der Waals surface area contributed by atoms with E-state index in [0.717, 1.165) is 5.56 Å². The van der Waals surface area contributed by atoms with Crippen molar-refractivity contribution in [1.29, 1.82) is 0 Å². The Balaban J connectivity index is 1.94. The van der Waals surface area contributed by atoms with Crippen molar-refractivity contribution in [3.05, 3.63) is 53.2 Å². The van der Waals surface area contributed by atoms with E-state index in [9.17, 15) is 4.79 Å². The summed E-state index contributed by atoms with van der Waals surface area (Å²) in [4.78, 5) is 11.9. The highest BCUT2D eigenvalue weighted by Gasteiger charge is 2.14. The van der Waals surface area contributed by atoms with Crippen LogP contribution >= 0.6 is 11.6 Å². The molecule has 19 heavy (non-hydrogen) atoms. The third kappa shape index (κ3) is 4.01. The maximum atomic E-state index is 11.9. The highest BCUT2D eigenvalue weighted by Crippen LogP contribution is 2.07. The van der Waals surface area contributed by atoms with Gasteiger partial charge in [-0.05, 0) is 24.1 Å². The standard InChI is InChI=1S/C13H13ClN4O/c14-11-6-7-12(18-17-11)16-13(19)10(15)8-9-4-2-1-3-5-9/h1-7,10H,8,15H2,(H,16,18,19)/t10-/m0/s1. The van der Waals surface area contributed by atoms with Crippen LogP contribution in [-0.4, -0.2) is 22.1 Å². The first-order valence-electron chi connectivity index (χ1n) is 5.75. The van der Waals surface area contributed by atoms with E-state index in [0.29, 0.717) is 12.2 Å². The molecule has 0 bridgehead atoms. The number of halogens is 1. The molecule has 0 spiro atoms. The van der Waals surface area contributed by atoms with Crippen LogP contribution in [0, 0.1) is 0 Å². The van der Waals surface area contributed by atoms with Crippen molar-refractivity contribution in [2.75, 3.05) is 5.32 Å². The summed E-state index contributed by atoms with van der Waals surface area (Å²) in [6.07, 6.45) is 0.466. The molecule has 1 aromatic heterocycles. The van der Waals surface area contributed by atoms with E-state index in [-0.39, 0.29) is 11.1 Å². The van der Waals surface area contributed by atoms with Crippen molar-refractivity contribution in [3.8, 4) is 0 Å². The lowest BCUT2D eigenvalue weighted by Gasteiger charge is -2.11. The third-order valence-electron chi connectivity index (χ3n) is 2.52. The van der Waals surface area contributed by atoms with Crippen molar-refractivity contribution < 1.29 is 4.79 Å². The van der Waals surface area contributed by atoms with Crippen LogP contribution in [0.3, 0.4) is 0 Å². The van der Waals surface area contributed by atoms with Gasteiger partial charge in [-0.1, -0.05) is 41.9 Å². The Labute approximate surface area is 115 Å². The monoisotopic (exact) mass is 276 g/mol. The summed E-state index contributed by atoms with van der Waals surface area (Å²) in [6.45, 7) is 0. The van der Waals surface area contributed by atoms with Crippen molar-refractivity contribution in [2.24, 2.45) is 5.73 Å². The fraction of sp³-hybridized carbons (Fsp3) is 0.154. The number of aromatic nitrogens is 2. The first-order valence-corrected chi connectivity index (χ1v) is 6.12. The van der Waals surface area contributed by atoms with Gasteiger partial charge in [0, 0.05) is 0 Å². The molecule has 0 aliphatic carbocycles. The normalized spacial score (nSPS) is 11.9. The molecule has 2 aromatic rings. The number of nitrogens with two attached hydrogens (primary N) is 1. The van der Waals surface area contributed by atoms with Gasteiger partial charge in [-0.25, -0.2) is 0 Å². The lowest BCUT2D eigenvalue weighted by molar-refractivity contribution is -0.117. The molecule has 1 aromatic carbocycles. The Bertz CT molecular complexity index is 544. The number of rotatable bonds is 4. The zero-order valence-corrected chi connectivity index (χ0v) is 10.8.